The van der Waals surface area contributed by atoms with Gasteiger partial charge in [-0.2, -0.15) is 0 Å². The van der Waals surface area contributed by atoms with Gasteiger partial charge < -0.3 is 10.2 Å². The van der Waals surface area contributed by atoms with Crippen LogP contribution in [0.4, 0.5) is 4.79 Å². The molecule has 0 saturated heterocycles. The molecule has 6 nitrogen and oxygen atoms in total. The predicted octanol–water partition coefficient (Wildman–Crippen LogP) is 3.20. The van der Waals surface area contributed by atoms with Crippen molar-refractivity contribution in [2.24, 2.45) is 0 Å². The van der Waals surface area contributed by atoms with Crippen molar-refractivity contribution < 1.29 is 9.59 Å². The van der Waals surface area contributed by atoms with Gasteiger partial charge in [0.25, 0.3) is 5.91 Å². The average Bonchev–Trinajstić information content (AvgIpc) is 3.02. The van der Waals surface area contributed by atoms with E-state index in [9.17, 15) is 9.59 Å². The zero-order valence-electron chi connectivity index (χ0n) is 16.3. The number of urea groups is 1. The summed E-state index contributed by atoms with van der Waals surface area (Å²) in [6.07, 6.45) is 3.48. The molecule has 1 unspecified atom stereocenters. The summed E-state index contributed by atoms with van der Waals surface area (Å²) in [5, 5.41) is 2.99. The van der Waals surface area contributed by atoms with E-state index in [0.29, 0.717) is 24.6 Å². The zero-order valence-corrected chi connectivity index (χ0v) is 16.3. The van der Waals surface area contributed by atoms with E-state index in [-0.39, 0.29) is 11.9 Å². The summed E-state index contributed by atoms with van der Waals surface area (Å²) in [6, 6.07) is 11.3. The minimum Gasteiger partial charge on any atom is -0.329 e. The second kappa shape index (κ2) is 7.11. The Morgan fingerprint density at radius 2 is 1.93 bits per heavy atom. The van der Waals surface area contributed by atoms with Crippen molar-refractivity contribution in [3.63, 3.8) is 0 Å². The Kier molecular flexibility index (Phi) is 4.63. The first-order valence-electron chi connectivity index (χ1n) is 9.51. The van der Waals surface area contributed by atoms with Crippen molar-refractivity contribution in [3.05, 3.63) is 76.8 Å². The van der Waals surface area contributed by atoms with E-state index in [1.165, 1.54) is 5.56 Å². The standard InChI is InChI=1S/C22H24N4O2/c1-14(2)16-6-8-17(9-7-16)20-19-18(25(3)22(28)24-20)13-26(21(19)27)12-15-5-4-10-23-11-15/h4-11,14,20H,12-13H2,1-3H3,(H,24,28). The Balaban J connectivity index is 1.65. The summed E-state index contributed by atoms with van der Waals surface area (Å²) < 4.78 is 0. The third-order valence-electron chi connectivity index (χ3n) is 5.47. The van der Waals surface area contributed by atoms with Gasteiger partial charge in [-0.25, -0.2) is 4.79 Å². The van der Waals surface area contributed by atoms with E-state index in [1.54, 1.807) is 29.2 Å². The Labute approximate surface area is 164 Å². The number of hydrogen-bond acceptors (Lipinski definition) is 3. The van der Waals surface area contributed by atoms with Gasteiger partial charge in [0.05, 0.1) is 23.9 Å². The van der Waals surface area contributed by atoms with E-state index in [2.05, 4.69) is 36.3 Å². The van der Waals surface area contributed by atoms with Gasteiger partial charge in [0, 0.05) is 26.0 Å². The number of nitrogens with one attached hydrogen (secondary N) is 1. The first-order valence-corrected chi connectivity index (χ1v) is 9.51. The van der Waals surface area contributed by atoms with Crippen LogP contribution >= 0.6 is 0 Å². The fraction of sp³-hybridized carbons (Fsp3) is 0.318. The molecule has 2 aromatic rings. The van der Waals surface area contributed by atoms with Crippen LogP contribution in [0, 0.1) is 0 Å². The van der Waals surface area contributed by atoms with Gasteiger partial charge in [0.15, 0.2) is 0 Å². The minimum absolute atomic E-state index is 0.0383. The lowest BCUT2D eigenvalue weighted by atomic mass is 9.93. The lowest BCUT2D eigenvalue weighted by Crippen LogP contribution is -2.45. The molecular weight excluding hydrogens is 352 g/mol. The third-order valence-corrected chi connectivity index (χ3v) is 5.47. The number of amides is 3. The molecule has 0 bridgehead atoms. The molecule has 0 radical (unpaired) electrons. The molecule has 144 valence electrons. The fourth-order valence-corrected chi connectivity index (χ4v) is 3.79. The molecule has 2 aliphatic rings. The van der Waals surface area contributed by atoms with E-state index in [0.717, 1.165) is 16.8 Å². The number of aromatic nitrogens is 1. The van der Waals surface area contributed by atoms with Gasteiger partial charge in [-0.15, -0.1) is 0 Å². The van der Waals surface area contributed by atoms with Gasteiger partial charge in [-0.3, -0.25) is 14.7 Å². The number of pyridine rings is 1. The Morgan fingerprint density at radius 1 is 1.18 bits per heavy atom. The van der Waals surface area contributed by atoms with E-state index in [4.69, 9.17) is 0 Å². The molecule has 6 heteroatoms. The Morgan fingerprint density at radius 3 is 2.57 bits per heavy atom. The molecule has 0 fully saturated rings. The molecule has 1 aromatic carbocycles. The third kappa shape index (κ3) is 3.15. The molecule has 1 N–H and O–H groups in total. The van der Waals surface area contributed by atoms with Crippen molar-refractivity contribution in [3.8, 4) is 0 Å². The average molecular weight is 376 g/mol. The molecule has 3 amide bonds. The summed E-state index contributed by atoms with van der Waals surface area (Å²) >= 11 is 0. The highest BCUT2D eigenvalue weighted by molar-refractivity contribution is 6.01. The highest BCUT2D eigenvalue weighted by Crippen LogP contribution is 2.36. The van der Waals surface area contributed by atoms with Crippen LogP contribution < -0.4 is 5.32 Å². The summed E-state index contributed by atoms with van der Waals surface area (Å²) in [7, 11) is 1.71. The molecule has 1 atom stereocenters. The second-order valence-corrected chi connectivity index (χ2v) is 7.65. The smallest absolute Gasteiger partial charge is 0.322 e. The van der Waals surface area contributed by atoms with Gasteiger partial charge in [0.2, 0.25) is 0 Å². The highest BCUT2D eigenvalue weighted by Gasteiger charge is 2.42. The lowest BCUT2D eigenvalue weighted by Gasteiger charge is -2.31. The molecule has 0 aliphatic carbocycles. The van der Waals surface area contributed by atoms with Gasteiger partial charge >= 0.3 is 6.03 Å². The number of hydrogen-bond donors (Lipinski definition) is 1. The van der Waals surface area contributed by atoms with Crippen LogP contribution in [0.1, 0.15) is 42.5 Å². The molecule has 28 heavy (non-hydrogen) atoms. The molecule has 0 saturated carbocycles. The maximum absolute atomic E-state index is 13.2. The monoisotopic (exact) mass is 376 g/mol. The maximum atomic E-state index is 13.2. The molecule has 4 rings (SSSR count). The van der Waals surface area contributed by atoms with Crippen LogP contribution in [-0.4, -0.2) is 40.3 Å². The molecule has 0 spiro atoms. The topological polar surface area (TPSA) is 65.5 Å². The number of likely N-dealkylation sites (N-methyl/N-ethyl adjacent to an activating group) is 1. The summed E-state index contributed by atoms with van der Waals surface area (Å²) in [4.78, 5) is 33.2. The Bertz CT molecular complexity index is 935. The van der Waals surface area contributed by atoms with Gasteiger partial charge in [-0.05, 0) is 28.7 Å². The van der Waals surface area contributed by atoms with Crippen LogP contribution in [-0.2, 0) is 11.3 Å². The van der Waals surface area contributed by atoms with E-state index < -0.39 is 6.04 Å². The SMILES string of the molecule is CC(C)c1ccc(C2NC(=O)N(C)C3=C2C(=O)N(Cc2cccnc2)C3)cc1. The van der Waals surface area contributed by atoms with Gasteiger partial charge in [-0.1, -0.05) is 44.2 Å². The van der Waals surface area contributed by atoms with Crippen LogP contribution in [0.2, 0.25) is 0 Å². The normalized spacial score (nSPS) is 19.4. The number of nitrogens with zero attached hydrogens (tertiary/aromatic N) is 3. The summed E-state index contributed by atoms with van der Waals surface area (Å²) in [5.41, 5.74) is 4.55. The lowest BCUT2D eigenvalue weighted by molar-refractivity contribution is -0.126. The maximum Gasteiger partial charge on any atom is 0.322 e. The molecule has 3 heterocycles. The minimum atomic E-state index is -0.425. The number of rotatable bonds is 4. The fourth-order valence-electron chi connectivity index (χ4n) is 3.79. The molecule has 1 aromatic heterocycles. The van der Waals surface area contributed by atoms with Gasteiger partial charge in [0.1, 0.15) is 0 Å². The summed E-state index contributed by atoms with van der Waals surface area (Å²) in [6.45, 7) is 5.18. The zero-order chi connectivity index (χ0) is 19.8. The van der Waals surface area contributed by atoms with E-state index in [1.807, 2.05) is 24.3 Å². The van der Waals surface area contributed by atoms with Crippen molar-refractivity contribution in [1.82, 2.24) is 20.1 Å². The first kappa shape index (κ1) is 18.2. The molecular formula is C22H24N4O2. The quantitative estimate of drug-likeness (QED) is 0.891. The van der Waals surface area contributed by atoms with E-state index >= 15 is 0 Å². The summed E-state index contributed by atoms with van der Waals surface area (Å²) in [5.74, 6) is 0.391. The van der Waals surface area contributed by atoms with Crippen molar-refractivity contribution in [2.45, 2.75) is 32.4 Å². The predicted molar refractivity (Wildman–Crippen MR) is 106 cm³/mol. The largest absolute Gasteiger partial charge is 0.329 e. The first-order chi connectivity index (χ1) is 13.5. The second-order valence-electron chi connectivity index (χ2n) is 7.65. The number of carbonyl (C=O) groups is 2. The van der Waals surface area contributed by atoms with Crippen molar-refractivity contribution >= 4 is 11.9 Å². The highest BCUT2D eigenvalue weighted by atomic mass is 16.2. The molecule has 2 aliphatic heterocycles. The van der Waals surface area contributed by atoms with Crippen LogP contribution in [0.15, 0.2) is 60.1 Å². The van der Waals surface area contributed by atoms with Crippen LogP contribution in [0.3, 0.4) is 0 Å². The van der Waals surface area contributed by atoms with Crippen LogP contribution in [0.25, 0.3) is 0 Å². The number of carbonyl (C=O) groups excluding carboxylic acids is 2. The number of benzene rings is 1. The van der Waals surface area contributed by atoms with Crippen molar-refractivity contribution in [1.29, 1.82) is 0 Å². The van der Waals surface area contributed by atoms with Crippen LogP contribution in [0.5, 0.6) is 0 Å². The van der Waals surface area contributed by atoms with Crippen molar-refractivity contribution in [2.75, 3.05) is 13.6 Å². The Hall–Kier alpha value is -3.15.